The fraction of sp³-hybridized carbons (Fsp3) is 0.421. The molecule has 0 bridgehead atoms. The van der Waals surface area contributed by atoms with Gasteiger partial charge in [0.25, 0.3) is 5.91 Å². The molecule has 1 saturated heterocycles. The lowest BCUT2D eigenvalue weighted by Crippen LogP contribution is -2.50. The first-order valence-electron chi connectivity index (χ1n) is 8.54. The van der Waals surface area contributed by atoms with Gasteiger partial charge in [-0.3, -0.25) is 14.6 Å². The molecule has 0 unspecified atom stereocenters. The second-order valence-corrected chi connectivity index (χ2v) is 6.41. The average Bonchev–Trinajstić information content (AvgIpc) is 3.12. The van der Waals surface area contributed by atoms with Crippen molar-refractivity contribution in [3.63, 3.8) is 0 Å². The molecule has 1 aliphatic heterocycles. The van der Waals surface area contributed by atoms with E-state index in [4.69, 9.17) is 4.42 Å². The Morgan fingerprint density at radius 3 is 2.46 bits per heavy atom. The molecule has 5 nitrogen and oxygen atoms in total. The Hall–Kier alpha value is -2.11. The second-order valence-electron chi connectivity index (χ2n) is 6.41. The first-order chi connectivity index (χ1) is 11.7. The highest BCUT2D eigenvalue weighted by atomic mass is 16.3. The maximum Gasteiger partial charge on any atom is 0.287 e. The minimum Gasteiger partial charge on any atom is -0.459 e. The Morgan fingerprint density at radius 1 is 1.08 bits per heavy atom. The summed E-state index contributed by atoms with van der Waals surface area (Å²) in [6, 6.07) is 14.1. The quantitative estimate of drug-likeness (QED) is 0.884. The van der Waals surface area contributed by atoms with Gasteiger partial charge in [0.05, 0.1) is 6.26 Å². The Morgan fingerprint density at radius 2 is 1.79 bits per heavy atom. The number of nitrogens with zero attached hydrogens (tertiary/aromatic N) is 2. The molecule has 1 aliphatic rings. The molecule has 0 spiro atoms. The summed E-state index contributed by atoms with van der Waals surface area (Å²) in [6.07, 6.45) is 1.52. The summed E-state index contributed by atoms with van der Waals surface area (Å²) < 4.78 is 5.12. The van der Waals surface area contributed by atoms with E-state index in [-0.39, 0.29) is 11.9 Å². The van der Waals surface area contributed by atoms with Crippen LogP contribution in [-0.4, -0.2) is 54.5 Å². The van der Waals surface area contributed by atoms with E-state index in [9.17, 15) is 4.79 Å². The van der Waals surface area contributed by atoms with Crippen molar-refractivity contribution in [1.29, 1.82) is 0 Å². The third-order valence-corrected chi connectivity index (χ3v) is 4.37. The fourth-order valence-corrected chi connectivity index (χ4v) is 3.11. The summed E-state index contributed by atoms with van der Waals surface area (Å²) in [6.45, 7) is 8.12. The Balaban J connectivity index is 1.39. The summed E-state index contributed by atoms with van der Waals surface area (Å²) in [4.78, 5) is 16.9. The maximum atomic E-state index is 12.0. The van der Waals surface area contributed by atoms with Crippen LogP contribution < -0.4 is 5.32 Å². The zero-order valence-corrected chi connectivity index (χ0v) is 14.1. The molecule has 1 atom stereocenters. The van der Waals surface area contributed by atoms with Crippen LogP contribution in [0.4, 0.5) is 0 Å². The van der Waals surface area contributed by atoms with Gasteiger partial charge in [0, 0.05) is 45.3 Å². The van der Waals surface area contributed by atoms with E-state index in [2.05, 4.69) is 45.4 Å². The van der Waals surface area contributed by atoms with Crippen molar-refractivity contribution in [2.24, 2.45) is 0 Å². The molecule has 2 heterocycles. The summed E-state index contributed by atoms with van der Waals surface area (Å²) >= 11 is 0. The van der Waals surface area contributed by atoms with Gasteiger partial charge in [-0.2, -0.15) is 0 Å². The SMILES string of the molecule is C[C@@H](CN1CCN(Cc2ccccc2)CC1)NC(=O)c1ccco1. The third-order valence-electron chi connectivity index (χ3n) is 4.37. The lowest BCUT2D eigenvalue weighted by molar-refractivity contribution is 0.0875. The number of benzene rings is 1. The number of nitrogens with one attached hydrogen (secondary N) is 1. The van der Waals surface area contributed by atoms with Gasteiger partial charge in [0.1, 0.15) is 0 Å². The molecule has 1 amide bonds. The second kappa shape index (κ2) is 8.13. The molecule has 0 saturated carbocycles. The number of hydrogen-bond acceptors (Lipinski definition) is 4. The number of rotatable bonds is 6. The van der Waals surface area contributed by atoms with Gasteiger partial charge in [-0.05, 0) is 24.6 Å². The van der Waals surface area contributed by atoms with Crippen LogP contribution >= 0.6 is 0 Å². The van der Waals surface area contributed by atoms with E-state index in [0.29, 0.717) is 5.76 Å². The van der Waals surface area contributed by atoms with Crippen molar-refractivity contribution in [2.75, 3.05) is 32.7 Å². The van der Waals surface area contributed by atoms with Crippen molar-refractivity contribution >= 4 is 5.91 Å². The molecule has 0 radical (unpaired) electrons. The highest BCUT2D eigenvalue weighted by Crippen LogP contribution is 2.09. The normalized spacial score (nSPS) is 17.5. The Bertz CT molecular complexity index is 619. The van der Waals surface area contributed by atoms with E-state index >= 15 is 0 Å². The zero-order chi connectivity index (χ0) is 16.8. The highest BCUT2D eigenvalue weighted by molar-refractivity contribution is 5.91. The molecule has 128 valence electrons. The molecule has 24 heavy (non-hydrogen) atoms. The van der Waals surface area contributed by atoms with Gasteiger partial charge in [0.2, 0.25) is 0 Å². The summed E-state index contributed by atoms with van der Waals surface area (Å²) in [5.74, 6) is 0.227. The molecular weight excluding hydrogens is 302 g/mol. The van der Waals surface area contributed by atoms with Crippen LogP contribution in [0.15, 0.2) is 53.1 Å². The predicted molar refractivity (Wildman–Crippen MR) is 93.8 cm³/mol. The fourth-order valence-electron chi connectivity index (χ4n) is 3.11. The first-order valence-corrected chi connectivity index (χ1v) is 8.54. The zero-order valence-electron chi connectivity index (χ0n) is 14.1. The molecule has 1 N–H and O–H groups in total. The summed E-state index contributed by atoms with van der Waals surface area (Å²) in [5.41, 5.74) is 1.37. The summed E-state index contributed by atoms with van der Waals surface area (Å²) in [7, 11) is 0. The smallest absolute Gasteiger partial charge is 0.287 e. The Labute approximate surface area is 143 Å². The molecule has 0 aliphatic carbocycles. The molecular formula is C19H25N3O2. The van der Waals surface area contributed by atoms with Gasteiger partial charge in [-0.1, -0.05) is 30.3 Å². The number of hydrogen-bond donors (Lipinski definition) is 1. The molecule has 1 fully saturated rings. The molecule has 1 aromatic carbocycles. The van der Waals surface area contributed by atoms with Crippen LogP contribution in [0.3, 0.4) is 0 Å². The highest BCUT2D eigenvalue weighted by Gasteiger charge is 2.20. The van der Waals surface area contributed by atoms with Gasteiger partial charge < -0.3 is 9.73 Å². The van der Waals surface area contributed by atoms with Gasteiger partial charge >= 0.3 is 0 Å². The first kappa shape index (κ1) is 16.7. The molecule has 5 heteroatoms. The van der Waals surface area contributed by atoms with Crippen molar-refractivity contribution in [3.8, 4) is 0 Å². The van der Waals surface area contributed by atoms with Crippen LogP contribution in [-0.2, 0) is 6.54 Å². The van der Waals surface area contributed by atoms with Crippen LogP contribution in [0.25, 0.3) is 0 Å². The lowest BCUT2D eigenvalue weighted by atomic mass is 10.2. The topological polar surface area (TPSA) is 48.7 Å². The van der Waals surface area contributed by atoms with E-state index in [1.165, 1.54) is 11.8 Å². The third kappa shape index (κ3) is 4.69. The molecule has 2 aromatic rings. The van der Waals surface area contributed by atoms with E-state index in [0.717, 1.165) is 39.3 Å². The standard InChI is InChI=1S/C19H25N3O2/c1-16(20-19(23)18-8-5-13-24-18)14-21-9-11-22(12-10-21)15-17-6-3-2-4-7-17/h2-8,13,16H,9-12,14-15H2,1H3,(H,20,23)/t16-/m0/s1. The molecule has 3 rings (SSSR count). The monoisotopic (exact) mass is 327 g/mol. The molecule has 1 aromatic heterocycles. The minimum atomic E-state index is -0.143. The van der Waals surface area contributed by atoms with Crippen molar-refractivity contribution in [3.05, 3.63) is 60.1 Å². The van der Waals surface area contributed by atoms with E-state index < -0.39 is 0 Å². The lowest BCUT2D eigenvalue weighted by Gasteiger charge is -2.36. The van der Waals surface area contributed by atoms with Crippen LogP contribution in [0.5, 0.6) is 0 Å². The number of carbonyl (C=O) groups excluding carboxylic acids is 1. The minimum absolute atomic E-state index is 0.100. The number of piperazine rings is 1. The number of furan rings is 1. The average molecular weight is 327 g/mol. The summed E-state index contributed by atoms with van der Waals surface area (Å²) in [5, 5.41) is 2.99. The van der Waals surface area contributed by atoms with Gasteiger partial charge in [0.15, 0.2) is 5.76 Å². The number of carbonyl (C=O) groups is 1. The van der Waals surface area contributed by atoms with Crippen molar-refractivity contribution < 1.29 is 9.21 Å². The largest absolute Gasteiger partial charge is 0.459 e. The van der Waals surface area contributed by atoms with Crippen LogP contribution in [0.2, 0.25) is 0 Å². The van der Waals surface area contributed by atoms with Crippen LogP contribution in [0, 0.1) is 0 Å². The maximum absolute atomic E-state index is 12.0. The van der Waals surface area contributed by atoms with Gasteiger partial charge in [-0.25, -0.2) is 0 Å². The van der Waals surface area contributed by atoms with Crippen molar-refractivity contribution in [1.82, 2.24) is 15.1 Å². The Kier molecular flexibility index (Phi) is 5.67. The van der Waals surface area contributed by atoms with E-state index in [1.807, 2.05) is 6.92 Å². The van der Waals surface area contributed by atoms with Crippen LogP contribution in [0.1, 0.15) is 23.0 Å². The number of amides is 1. The predicted octanol–water partition coefficient (Wildman–Crippen LogP) is 2.22. The van der Waals surface area contributed by atoms with E-state index in [1.54, 1.807) is 12.1 Å². The van der Waals surface area contributed by atoms with Crippen molar-refractivity contribution in [2.45, 2.75) is 19.5 Å². The van der Waals surface area contributed by atoms with Gasteiger partial charge in [-0.15, -0.1) is 0 Å².